The van der Waals surface area contributed by atoms with Crippen molar-refractivity contribution in [3.8, 4) is 0 Å². The van der Waals surface area contributed by atoms with Crippen LogP contribution in [0.2, 0.25) is 0 Å². The van der Waals surface area contributed by atoms with Crippen molar-refractivity contribution >= 4 is 21.6 Å². The predicted molar refractivity (Wildman–Crippen MR) is 84.2 cm³/mol. The number of fused-ring (bicyclic) bond motifs is 2. The van der Waals surface area contributed by atoms with Crippen molar-refractivity contribution in [3.63, 3.8) is 0 Å². The van der Waals surface area contributed by atoms with Gasteiger partial charge in [0.25, 0.3) is 0 Å². The lowest BCUT2D eigenvalue weighted by molar-refractivity contribution is 0.293. The van der Waals surface area contributed by atoms with Crippen LogP contribution in [-0.2, 0) is 6.54 Å². The number of thiophene rings is 1. The summed E-state index contributed by atoms with van der Waals surface area (Å²) in [6.07, 6.45) is 0. The van der Waals surface area contributed by atoms with Crippen molar-refractivity contribution in [1.82, 2.24) is 9.88 Å². The maximum Gasteiger partial charge on any atom is 0.0813 e. The van der Waals surface area contributed by atoms with E-state index >= 15 is 0 Å². The van der Waals surface area contributed by atoms with Crippen molar-refractivity contribution in [2.24, 2.45) is 0 Å². The number of pyridine rings is 1. The molecule has 0 amide bonds. The summed E-state index contributed by atoms with van der Waals surface area (Å²) in [5.74, 6) is 0.384. The highest BCUT2D eigenvalue weighted by Crippen LogP contribution is 2.33. The normalized spacial score (nSPS) is 19.1. The first-order chi connectivity index (χ1) is 9.81. The molecule has 1 aliphatic rings. The maximum atomic E-state index is 4.88. The van der Waals surface area contributed by atoms with Crippen molar-refractivity contribution in [2.75, 3.05) is 13.6 Å². The quantitative estimate of drug-likeness (QED) is 0.672. The third kappa shape index (κ3) is 1.94. The van der Waals surface area contributed by atoms with Crippen molar-refractivity contribution in [3.05, 3.63) is 64.7 Å². The lowest BCUT2D eigenvalue weighted by Crippen LogP contribution is -2.31. The summed E-state index contributed by atoms with van der Waals surface area (Å²) in [7, 11) is 2.19. The smallest absolute Gasteiger partial charge is 0.0813 e. The van der Waals surface area contributed by atoms with Gasteiger partial charge < -0.3 is 4.90 Å². The standard InChI is InChI=1S/C17H16N2S/c1-19-10-12-4-2-3-5-13(12)14(11-19)15-6-7-17-16(18-15)8-9-20-17/h2-9,14H,10-11H2,1H3. The van der Waals surface area contributed by atoms with E-state index in [-0.39, 0.29) is 0 Å². The Morgan fingerprint density at radius 2 is 2.05 bits per heavy atom. The molecule has 0 radical (unpaired) electrons. The van der Waals surface area contributed by atoms with Gasteiger partial charge in [-0.3, -0.25) is 4.98 Å². The minimum absolute atomic E-state index is 0.384. The Morgan fingerprint density at radius 3 is 3.00 bits per heavy atom. The van der Waals surface area contributed by atoms with Crippen LogP contribution in [0.4, 0.5) is 0 Å². The zero-order valence-corrected chi connectivity index (χ0v) is 12.2. The minimum Gasteiger partial charge on any atom is -0.301 e. The first-order valence-electron chi connectivity index (χ1n) is 6.92. The number of likely N-dealkylation sites (N-methyl/N-ethyl adjacent to an activating group) is 1. The van der Waals surface area contributed by atoms with Gasteiger partial charge in [-0.2, -0.15) is 0 Å². The predicted octanol–water partition coefficient (Wildman–Crippen LogP) is 3.87. The molecule has 1 aromatic carbocycles. The number of nitrogens with zero attached hydrogens (tertiary/aromatic N) is 2. The van der Waals surface area contributed by atoms with E-state index in [1.54, 1.807) is 11.3 Å². The zero-order chi connectivity index (χ0) is 13.5. The molecule has 3 aromatic rings. The van der Waals surface area contributed by atoms with Crippen LogP contribution in [0.3, 0.4) is 0 Å². The Bertz CT molecular complexity index is 762. The third-order valence-electron chi connectivity index (χ3n) is 4.05. The molecule has 0 N–H and O–H groups in total. The highest BCUT2D eigenvalue weighted by molar-refractivity contribution is 7.17. The summed E-state index contributed by atoms with van der Waals surface area (Å²) in [4.78, 5) is 7.26. The Hall–Kier alpha value is -1.71. The lowest BCUT2D eigenvalue weighted by Gasteiger charge is -2.32. The second kappa shape index (κ2) is 4.69. The van der Waals surface area contributed by atoms with Gasteiger partial charge in [-0.15, -0.1) is 11.3 Å². The lowest BCUT2D eigenvalue weighted by atomic mass is 9.87. The summed E-state index contributed by atoms with van der Waals surface area (Å²) >= 11 is 1.76. The highest BCUT2D eigenvalue weighted by Gasteiger charge is 2.25. The van der Waals surface area contributed by atoms with Crippen LogP contribution in [0.1, 0.15) is 22.7 Å². The van der Waals surface area contributed by atoms with Crippen molar-refractivity contribution in [2.45, 2.75) is 12.5 Å². The summed E-state index contributed by atoms with van der Waals surface area (Å²) in [6.45, 7) is 2.08. The molecule has 1 atom stereocenters. The molecular formula is C17H16N2S. The number of aromatic nitrogens is 1. The summed E-state index contributed by atoms with van der Waals surface area (Å²) in [5.41, 5.74) is 5.18. The van der Waals surface area contributed by atoms with E-state index in [2.05, 4.69) is 59.8 Å². The Balaban J connectivity index is 1.84. The molecule has 1 unspecified atom stereocenters. The van der Waals surface area contributed by atoms with Crippen LogP contribution >= 0.6 is 11.3 Å². The zero-order valence-electron chi connectivity index (χ0n) is 11.4. The molecule has 0 spiro atoms. The second-order valence-electron chi connectivity index (χ2n) is 5.49. The first-order valence-corrected chi connectivity index (χ1v) is 7.80. The SMILES string of the molecule is CN1Cc2ccccc2C(c2ccc3sccc3n2)C1. The molecule has 3 heteroatoms. The van der Waals surface area contributed by atoms with Crippen molar-refractivity contribution in [1.29, 1.82) is 0 Å². The fourth-order valence-electron chi connectivity index (χ4n) is 3.10. The minimum atomic E-state index is 0.384. The molecule has 0 bridgehead atoms. The van der Waals surface area contributed by atoms with Crippen LogP contribution in [0.25, 0.3) is 10.2 Å². The van der Waals surface area contributed by atoms with Gasteiger partial charge in [0.05, 0.1) is 10.2 Å². The maximum absolute atomic E-state index is 4.88. The van der Waals surface area contributed by atoms with Gasteiger partial charge in [0.15, 0.2) is 0 Å². The topological polar surface area (TPSA) is 16.1 Å². The van der Waals surface area contributed by atoms with E-state index in [4.69, 9.17) is 4.98 Å². The molecule has 0 aliphatic carbocycles. The van der Waals surface area contributed by atoms with Gasteiger partial charge in [0.1, 0.15) is 0 Å². The average Bonchev–Trinajstić information content (AvgIpc) is 2.93. The molecule has 1 aliphatic heterocycles. The molecule has 4 rings (SSSR count). The van der Waals surface area contributed by atoms with Crippen LogP contribution in [-0.4, -0.2) is 23.5 Å². The van der Waals surface area contributed by atoms with E-state index in [0.29, 0.717) is 5.92 Å². The van der Waals surface area contributed by atoms with Gasteiger partial charge in [0.2, 0.25) is 0 Å². The number of rotatable bonds is 1. The number of benzene rings is 1. The Labute approximate surface area is 122 Å². The molecular weight excluding hydrogens is 264 g/mol. The average molecular weight is 280 g/mol. The summed E-state index contributed by atoms with van der Waals surface area (Å²) in [5, 5.41) is 2.11. The highest BCUT2D eigenvalue weighted by atomic mass is 32.1. The van der Waals surface area contributed by atoms with Gasteiger partial charge in [-0.25, -0.2) is 0 Å². The second-order valence-corrected chi connectivity index (χ2v) is 6.44. The van der Waals surface area contributed by atoms with E-state index in [9.17, 15) is 0 Å². The van der Waals surface area contributed by atoms with Crippen molar-refractivity contribution < 1.29 is 0 Å². The van der Waals surface area contributed by atoms with E-state index in [1.807, 2.05) is 0 Å². The van der Waals surface area contributed by atoms with Crippen LogP contribution in [0, 0.1) is 0 Å². The Kier molecular flexibility index (Phi) is 2.83. The molecule has 20 heavy (non-hydrogen) atoms. The number of hydrogen-bond acceptors (Lipinski definition) is 3. The first kappa shape index (κ1) is 12.1. The van der Waals surface area contributed by atoms with E-state index in [1.165, 1.54) is 21.5 Å². The Morgan fingerprint density at radius 1 is 1.15 bits per heavy atom. The summed E-state index contributed by atoms with van der Waals surface area (Å²) < 4.78 is 1.27. The van der Waals surface area contributed by atoms with Crippen LogP contribution in [0.5, 0.6) is 0 Å². The van der Waals surface area contributed by atoms with Gasteiger partial charge in [0, 0.05) is 24.7 Å². The molecule has 0 saturated carbocycles. The van der Waals surface area contributed by atoms with Crippen LogP contribution < -0.4 is 0 Å². The molecule has 2 aromatic heterocycles. The molecule has 3 heterocycles. The van der Waals surface area contributed by atoms with Gasteiger partial charge in [-0.05, 0) is 41.8 Å². The summed E-state index contributed by atoms with van der Waals surface area (Å²) in [6, 6.07) is 15.3. The van der Waals surface area contributed by atoms with E-state index < -0.39 is 0 Å². The number of hydrogen-bond donors (Lipinski definition) is 0. The molecule has 0 saturated heterocycles. The third-order valence-corrected chi connectivity index (χ3v) is 4.92. The molecule has 2 nitrogen and oxygen atoms in total. The molecule has 100 valence electrons. The van der Waals surface area contributed by atoms with Gasteiger partial charge >= 0.3 is 0 Å². The monoisotopic (exact) mass is 280 g/mol. The van der Waals surface area contributed by atoms with E-state index in [0.717, 1.165) is 18.6 Å². The molecule has 0 fully saturated rings. The van der Waals surface area contributed by atoms with Crippen LogP contribution in [0.15, 0.2) is 47.8 Å². The fourth-order valence-corrected chi connectivity index (χ4v) is 3.82. The fraction of sp³-hybridized carbons (Fsp3) is 0.235. The van der Waals surface area contributed by atoms with Gasteiger partial charge in [-0.1, -0.05) is 24.3 Å². The largest absolute Gasteiger partial charge is 0.301 e.